The van der Waals surface area contributed by atoms with E-state index in [0.29, 0.717) is 18.8 Å². The van der Waals surface area contributed by atoms with E-state index in [2.05, 4.69) is 6.92 Å². The molecule has 0 radical (unpaired) electrons. The Labute approximate surface area is 156 Å². The van der Waals surface area contributed by atoms with Crippen LogP contribution in [0.25, 0.3) is 0 Å². The molecule has 0 aromatic heterocycles. The van der Waals surface area contributed by atoms with Crippen LogP contribution in [0.1, 0.15) is 78.1 Å². The number of hydrogen-bond acceptors (Lipinski definition) is 2. The quantitative estimate of drug-likeness (QED) is 0.616. The molecule has 3 aliphatic rings. The lowest BCUT2D eigenvalue weighted by atomic mass is 9.67. The number of carbonyl (C=O) groups excluding carboxylic acids is 2. The monoisotopic (exact) mass is 368 g/mol. The van der Waals surface area contributed by atoms with Gasteiger partial charge in [-0.25, -0.2) is 8.78 Å². The van der Waals surface area contributed by atoms with Crippen molar-refractivity contribution in [2.75, 3.05) is 0 Å². The summed E-state index contributed by atoms with van der Waals surface area (Å²) in [7, 11) is 0. The van der Waals surface area contributed by atoms with Gasteiger partial charge in [0.25, 0.3) is 0 Å². The Kier molecular flexibility index (Phi) is 6.50. The van der Waals surface area contributed by atoms with Crippen LogP contribution >= 0.6 is 0 Å². The largest absolute Gasteiger partial charge is 0.291 e. The van der Waals surface area contributed by atoms with Crippen LogP contribution in [0, 0.1) is 35.5 Å². The predicted molar refractivity (Wildman–Crippen MR) is 98.3 cm³/mol. The van der Waals surface area contributed by atoms with Gasteiger partial charge in [0.05, 0.1) is 0 Å². The Bertz CT molecular complexity index is 504. The molecule has 148 valence electrons. The summed E-state index contributed by atoms with van der Waals surface area (Å²) in [6.07, 6.45) is 5.46. The van der Waals surface area contributed by atoms with E-state index in [1.54, 1.807) is 6.92 Å². The number of hydrogen-bond donors (Lipinski definition) is 0. The average Bonchev–Trinajstić information content (AvgIpc) is 2.66. The van der Waals surface area contributed by atoms with Crippen molar-refractivity contribution >= 4 is 11.6 Å². The fraction of sp³-hybridized carbons (Fsp3) is 0.909. The lowest BCUT2D eigenvalue weighted by Crippen LogP contribution is -2.42. The second kappa shape index (κ2) is 8.48. The molecule has 26 heavy (non-hydrogen) atoms. The molecule has 0 aliphatic heterocycles. The molecule has 0 bridgehead atoms. The third-order valence-electron chi connectivity index (χ3n) is 7.59. The zero-order valence-corrected chi connectivity index (χ0v) is 16.3. The molecule has 3 rings (SSSR count). The third kappa shape index (κ3) is 4.20. The van der Waals surface area contributed by atoms with Gasteiger partial charge >= 0.3 is 0 Å². The molecule has 0 spiro atoms. The number of carbonyl (C=O) groups is 2. The molecule has 3 fully saturated rings. The normalized spacial score (nSPS) is 44.5. The van der Waals surface area contributed by atoms with E-state index < -0.39 is 12.3 Å². The van der Waals surface area contributed by atoms with Gasteiger partial charge in [-0.3, -0.25) is 9.59 Å². The van der Waals surface area contributed by atoms with Gasteiger partial charge < -0.3 is 0 Å². The minimum absolute atomic E-state index is 0.0706. The van der Waals surface area contributed by atoms with Gasteiger partial charge in [-0.15, -0.1) is 0 Å². The van der Waals surface area contributed by atoms with Crippen molar-refractivity contribution in [3.8, 4) is 0 Å². The molecule has 0 aromatic rings. The second-order valence-electron chi connectivity index (χ2n) is 9.40. The van der Waals surface area contributed by atoms with Crippen molar-refractivity contribution in [3.05, 3.63) is 0 Å². The first kappa shape index (κ1) is 19.9. The summed E-state index contributed by atoms with van der Waals surface area (Å²) in [4.78, 5) is 25.2. The zero-order valence-electron chi connectivity index (χ0n) is 16.3. The predicted octanol–water partition coefficient (Wildman–Crippen LogP) is 5.48. The SMILES string of the molecule is CC1CCC(C(=O)C(=O)C2CCC(C3CCC(C)C(F)C3F)CC2)CC1. The minimum atomic E-state index is -1.36. The summed E-state index contributed by atoms with van der Waals surface area (Å²) < 4.78 is 28.5. The van der Waals surface area contributed by atoms with Gasteiger partial charge in [0.1, 0.15) is 12.3 Å². The van der Waals surface area contributed by atoms with Crippen LogP contribution in [0.15, 0.2) is 0 Å². The smallest absolute Gasteiger partial charge is 0.201 e. The van der Waals surface area contributed by atoms with Gasteiger partial charge in [0.15, 0.2) is 0 Å². The Hall–Kier alpha value is -0.800. The molecule has 0 amide bonds. The standard InChI is InChI=1S/C22H34F2O2/c1-13-3-6-16(7-4-13)21(25)22(26)17-10-8-15(9-11-17)18-12-5-14(2)19(23)20(18)24/h13-20H,3-12H2,1-2H3. The first-order chi connectivity index (χ1) is 12.4. The Morgan fingerprint density at radius 2 is 1.15 bits per heavy atom. The summed E-state index contributed by atoms with van der Waals surface area (Å²) in [6.45, 7) is 4.00. The van der Waals surface area contributed by atoms with E-state index in [-0.39, 0.29) is 41.2 Å². The van der Waals surface area contributed by atoms with E-state index in [9.17, 15) is 18.4 Å². The highest BCUT2D eigenvalue weighted by Gasteiger charge is 2.43. The molecular formula is C22H34F2O2. The highest BCUT2D eigenvalue weighted by atomic mass is 19.2. The third-order valence-corrected chi connectivity index (χ3v) is 7.59. The van der Waals surface area contributed by atoms with E-state index in [1.165, 1.54) is 0 Å². The highest BCUT2D eigenvalue weighted by molar-refractivity contribution is 6.38. The zero-order chi connectivity index (χ0) is 18.8. The maximum absolute atomic E-state index is 14.4. The van der Waals surface area contributed by atoms with Crippen molar-refractivity contribution in [1.82, 2.24) is 0 Å². The lowest BCUT2D eigenvalue weighted by molar-refractivity contribution is -0.143. The Balaban J connectivity index is 1.50. The molecule has 0 heterocycles. The molecule has 3 saturated carbocycles. The van der Waals surface area contributed by atoms with Crippen molar-refractivity contribution in [2.45, 2.75) is 90.4 Å². The van der Waals surface area contributed by atoms with Gasteiger partial charge in [0.2, 0.25) is 11.6 Å². The van der Waals surface area contributed by atoms with Crippen molar-refractivity contribution in [2.24, 2.45) is 35.5 Å². The number of halogens is 2. The number of ketones is 2. The summed E-state index contributed by atoms with van der Waals surface area (Å²) in [5, 5.41) is 0. The van der Waals surface area contributed by atoms with E-state index >= 15 is 0 Å². The van der Waals surface area contributed by atoms with Crippen molar-refractivity contribution in [3.63, 3.8) is 0 Å². The van der Waals surface area contributed by atoms with Crippen LogP contribution in [-0.4, -0.2) is 23.9 Å². The second-order valence-corrected chi connectivity index (χ2v) is 9.40. The van der Waals surface area contributed by atoms with Crippen molar-refractivity contribution in [1.29, 1.82) is 0 Å². The van der Waals surface area contributed by atoms with Crippen LogP contribution in [0.5, 0.6) is 0 Å². The summed E-state index contributed by atoms with van der Waals surface area (Å²) in [5.74, 6) is -0.137. The fourth-order valence-corrected chi connectivity index (χ4v) is 5.55. The molecule has 0 saturated heterocycles. The minimum Gasteiger partial charge on any atom is -0.291 e. The van der Waals surface area contributed by atoms with Gasteiger partial charge in [-0.05, 0) is 75.0 Å². The molecule has 3 aliphatic carbocycles. The van der Waals surface area contributed by atoms with Crippen LogP contribution in [0.3, 0.4) is 0 Å². The molecule has 0 N–H and O–H groups in total. The summed E-state index contributed by atoms with van der Waals surface area (Å²) in [5.41, 5.74) is 0. The molecule has 4 atom stereocenters. The maximum Gasteiger partial charge on any atom is 0.201 e. The topological polar surface area (TPSA) is 34.1 Å². The van der Waals surface area contributed by atoms with Gasteiger partial charge in [0, 0.05) is 11.8 Å². The molecular weight excluding hydrogens is 334 g/mol. The first-order valence-corrected chi connectivity index (χ1v) is 10.7. The highest BCUT2D eigenvalue weighted by Crippen LogP contribution is 2.44. The van der Waals surface area contributed by atoms with Crippen LogP contribution in [0.4, 0.5) is 8.78 Å². The van der Waals surface area contributed by atoms with E-state index in [4.69, 9.17) is 0 Å². The molecule has 0 aromatic carbocycles. The van der Waals surface area contributed by atoms with E-state index in [1.807, 2.05) is 0 Å². The fourth-order valence-electron chi connectivity index (χ4n) is 5.55. The summed E-state index contributed by atoms with van der Waals surface area (Å²) in [6, 6.07) is 0. The lowest BCUT2D eigenvalue weighted by Gasteiger charge is -2.40. The average molecular weight is 369 g/mol. The van der Waals surface area contributed by atoms with Crippen molar-refractivity contribution < 1.29 is 18.4 Å². The van der Waals surface area contributed by atoms with Crippen LogP contribution in [0.2, 0.25) is 0 Å². The van der Waals surface area contributed by atoms with Gasteiger partial charge in [-0.2, -0.15) is 0 Å². The number of alkyl halides is 2. The molecule has 4 unspecified atom stereocenters. The van der Waals surface area contributed by atoms with E-state index in [0.717, 1.165) is 51.4 Å². The maximum atomic E-state index is 14.4. The summed E-state index contributed by atoms with van der Waals surface area (Å²) >= 11 is 0. The number of Topliss-reactive ketones (excluding diaryl/α,β-unsaturated/α-hetero) is 2. The van der Waals surface area contributed by atoms with Gasteiger partial charge in [-0.1, -0.05) is 26.7 Å². The molecule has 2 nitrogen and oxygen atoms in total. The first-order valence-electron chi connectivity index (χ1n) is 10.7. The Morgan fingerprint density at radius 1 is 0.654 bits per heavy atom. The molecule has 4 heteroatoms. The Morgan fingerprint density at radius 3 is 1.69 bits per heavy atom. The number of rotatable bonds is 4. The van der Waals surface area contributed by atoms with Crippen LogP contribution in [-0.2, 0) is 9.59 Å². The van der Waals surface area contributed by atoms with Crippen LogP contribution < -0.4 is 0 Å².